The Morgan fingerprint density at radius 3 is 2.76 bits per heavy atom. The number of halogens is 1. The van der Waals surface area contributed by atoms with Gasteiger partial charge >= 0.3 is 5.97 Å². The first kappa shape index (κ1) is 22.5. The molecule has 0 saturated carbocycles. The molecule has 0 bridgehead atoms. The molecule has 0 fully saturated rings. The molecule has 3 aromatic carbocycles. The summed E-state index contributed by atoms with van der Waals surface area (Å²) < 4.78 is 6.13. The van der Waals surface area contributed by atoms with Gasteiger partial charge in [0.15, 0.2) is 0 Å². The zero-order chi connectivity index (χ0) is 23.5. The molecule has 4 nitrogen and oxygen atoms in total. The number of para-hydroxylation sites is 1. The largest absolute Gasteiger partial charge is 0.489 e. The Hall–Kier alpha value is -3.28. The molecule has 170 valence electrons. The molecule has 1 aromatic heterocycles. The van der Waals surface area contributed by atoms with Crippen LogP contribution < -0.4 is 4.74 Å². The predicted molar refractivity (Wildman–Crippen MR) is 139 cm³/mol. The SMILES string of the molecule is O=C(O)CCSC1c2ccccc2COc2ccc(/C=C/c3cc(Cl)c4ccccc4n3)cc21. The maximum Gasteiger partial charge on any atom is 0.304 e. The van der Waals surface area contributed by atoms with Crippen LogP contribution in [-0.2, 0) is 11.4 Å². The Kier molecular flexibility index (Phi) is 6.57. The molecule has 0 aliphatic carbocycles. The summed E-state index contributed by atoms with van der Waals surface area (Å²) in [6.45, 7) is 0.494. The van der Waals surface area contributed by atoms with Crippen LogP contribution in [0.2, 0.25) is 5.02 Å². The van der Waals surface area contributed by atoms with Gasteiger partial charge < -0.3 is 9.84 Å². The van der Waals surface area contributed by atoms with E-state index in [9.17, 15) is 4.79 Å². The highest BCUT2D eigenvalue weighted by molar-refractivity contribution is 7.99. The molecule has 6 heteroatoms. The summed E-state index contributed by atoms with van der Waals surface area (Å²) in [5.74, 6) is 0.560. The highest BCUT2D eigenvalue weighted by atomic mass is 35.5. The van der Waals surface area contributed by atoms with Crippen LogP contribution in [0.25, 0.3) is 23.1 Å². The second kappa shape index (κ2) is 9.92. The fourth-order valence-electron chi connectivity index (χ4n) is 4.11. The number of ether oxygens (including phenoxy) is 1. The zero-order valence-electron chi connectivity index (χ0n) is 18.3. The zero-order valence-corrected chi connectivity index (χ0v) is 19.9. The lowest BCUT2D eigenvalue weighted by atomic mass is 9.98. The maximum atomic E-state index is 11.1. The smallest absolute Gasteiger partial charge is 0.304 e. The molecule has 1 N–H and O–H groups in total. The van der Waals surface area contributed by atoms with Crippen molar-refractivity contribution >= 4 is 52.4 Å². The normalized spacial score (nSPS) is 14.9. The Morgan fingerprint density at radius 1 is 1.06 bits per heavy atom. The van der Waals surface area contributed by atoms with E-state index in [0.29, 0.717) is 17.4 Å². The number of nitrogens with zero attached hydrogens (tertiary/aromatic N) is 1. The average molecular weight is 488 g/mol. The molecule has 2 heterocycles. The van der Waals surface area contributed by atoms with Crippen LogP contribution in [0.4, 0.5) is 0 Å². The molecule has 4 aromatic rings. The molecule has 34 heavy (non-hydrogen) atoms. The number of rotatable bonds is 6. The van der Waals surface area contributed by atoms with Gasteiger partial charge in [-0.25, -0.2) is 4.98 Å². The molecule has 0 radical (unpaired) electrons. The number of hydrogen-bond acceptors (Lipinski definition) is 4. The molecule has 0 saturated heterocycles. The first-order valence-electron chi connectivity index (χ1n) is 11.0. The number of carboxylic acids is 1. The third kappa shape index (κ3) is 4.81. The number of benzene rings is 3. The first-order valence-corrected chi connectivity index (χ1v) is 12.4. The van der Waals surface area contributed by atoms with Gasteiger partial charge in [-0.15, -0.1) is 11.8 Å². The van der Waals surface area contributed by atoms with Gasteiger partial charge in [0.05, 0.1) is 27.9 Å². The quantitative estimate of drug-likeness (QED) is 0.310. The molecule has 0 amide bonds. The van der Waals surface area contributed by atoms with Crippen molar-refractivity contribution in [1.29, 1.82) is 0 Å². The summed E-state index contributed by atoms with van der Waals surface area (Å²) >= 11 is 8.10. The van der Waals surface area contributed by atoms with E-state index in [-0.39, 0.29) is 11.7 Å². The average Bonchev–Trinajstić information content (AvgIpc) is 2.99. The van der Waals surface area contributed by atoms with Gasteiger partial charge in [-0.1, -0.05) is 66.2 Å². The van der Waals surface area contributed by atoms with E-state index in [0.717, 1.165) is 39.0 Å². The molecule has 1 aliphatic heterocycles. The van der Waals surface area contributed by atoms with Gasteiger partial charge in [-0.3, -0.25) is 4.79 Å². The molecule has 1 aliphatic rings. The fourth-order valence-corrected chi connectivity index (χ4v) is 5.69. The summed E-state index contributed by atoms with van der Waals surface area (Å²) in [7, 11) is 0. The lowest BCUT2D eigenvalue weighted by Crippen LogP contribution is -2.03. The van der Waals surface area contributed by atoms with Gasteiger partial charge in [0.1, 0.15) is 12.4 Å². The van der Waals surface area contributed by atoms with Gasteiger partial charge in [0, 0.05) is 16.7 Å². The Bertz CT molecular complexity index is 1400. The monoisotopic (exact) mass is 487 g/mol. The van der Waals surface area contributed by atoms with Gasteiger partial charge in [-0.05, 0) is 47.0 Å². The molecule has 1 unspecified atom stereocenters. The molecule has 5 rings (SSSR count). The van der Waals surface area contributed by atoms with E-state index >= 15 is 0 Å². The van der Waals surface area contributed by atoms with Crippen molar-refractivity contribution < 1.29 is 14.6 Å². The third-order valence-electron chi connectivity index (χ3n) is 5.77. The second-order valence-electron chi connectivity index (χ2n) is 8.06. The van der Waals surface area contributed by atoms with E-state index in [2.05, 4.69) is 18.2 Å². The van der Waals surface area contributed by atoms with Crippen LogP contribution in [0, 0.1) is 0 Å². The van der Waals surface area contributed by atoms with Crippen LogP contribution in [0.5, 0.6) is 5.75 Å². The second-order valence-corrected chi connectivity index (χ2v) is 9.68. The number of aromatic nitrogens is 1. The number of pyridine rings is 1. The molecule has 0 spiro atoms. The Morgan fingerprint density at radius 2 is 1.88 bits per heavy atom. The predicted octanol–water partition coefficient (Wildman–Crippen LogP) is 7.25. The van der Waals surface area contributed by atoms with Crippen LogP contribution in [0.1, 0.15) is 39.6 Å². The van der Waals surface area contributed by atoms with E-state index in [1.54, 1.807) is 11.8 Å². The number of carbonyl (C=O) groups is 1. The molecule has 1 atom stereocenters. The van der Waals surface area contributed by atoms with E-state index in [1.807, 2.05) is 66.7 Å². The number of fused-ring (bicyclic) bond motifs is 3. The van der Waals surface area contributed by atoms with E-state index in [1.165, 1.54) is 5.56 Å². The van der Waals surface area contributed by atoms with E-state index in [4.69, 9.17) is 26.4 Å². The third-order valence-corrected chi connectivity index (χ3v) is 7.36. The summed E-state index contributed by atoms with van der Waals surface area (Å²) in [6.07, 6.45) is 4.09. The van der Waals surface area contributed by atoms with Crippen molar-refractivity contribution in [2.24, 2.45) is 0 Å². The summed E-state index contributed by atoms with van der Waals surface area (Å²) in [6, 6.07) is 24.0. The fraction of sp³-hybridized carbons (Fsp3) is 0.143. The highest BCUT2D eigenvalue weighted by Gasteiger charge is 2.25. The van der Waals surface area contributed by atoms with Crippen LogP contribution in [-0.4, -0.2) is 21.8 Å². The van der Waals surface area contributed by atoms with Crippen molar-refractivity contribution in [3.05, 3.63) is 106 Å². The highest BCUT2D eigenvalue weighted by Crippen LogP contribution is 2.44. The number of hydrogen-bond donors (Lipinski definition) is 1. The van der Waals surface area contributed by atoms with Crippen LogP contribution in [0.15, 0.2) is 72.8 Å². The standard InChI is InChI=1S/C28H22ClNO3S/c29-24-16-20(30-25-8-4-3-7-22(24)25)11-9-18-10-12-26-23(15-18)28(34-14-13-27(31)32)21-6-2-1-5-19(21)17-33-26/h1-12,15-16,28H,13-14,17H2,(H,31,32)/b11-9+. The van der Waals surface area contributed by atoms with Crippen molar-refractivity contribution in [3.63, 3.8) is 0 Å². The lowest BCUT2D eigenvalue weighted by molar-refractivity contribution is -0.136. The van der Waals surface area contributed by atoms with E-state index < -0.39 is 5.97 Å². The first-order chi connectivity index (χ1) is 16.6. The number of carboxylic acid groups (broad SMARTS) is 1. The Labute approximate surface area is 207 Å². The molecular weight excluding hydrogens is 466 g/mol. The maximum absolute atomic E-state index is 11.1. The van der Waals surface area contributed by atoms with Crippen LogP contribution in [0.3, 0.4) is 0 Å². The van der Waals surface area contributed by atoms with Gasteiger partial charge in [0.25, 0.3) is 0 Å². The number of thioether (sulfide) groups is 1. The number of aliphatic carboxylic acids is 1. The molecular formula is C28H22ClNO3S. The van der Waals surface area contributed by atoms with Crippen molar-refractivity contribution in [1.82, 2.24) is 4.98 Å². The van der Waals surface area contributed by atoms with Crippen LogP contribution >= 0.6 is 23.4 Å². The summed E-state index contributed by atoms with van der Waals surface area (Å²) in [4.78, 5) is 15.8. The van der Waals surface area contributed by atoms with Crippen molar-refractivity contribution in [2.45, 2.75) is 18.3 Å². The summed E-state index contributed by atoms with van der Waals surface area (Å²) in [5.41, 5.74) is 5.99. The Balaban J connectivity index is 1.49. The summed E-state index contributed by atoms with van der Waals surface area (Å²) in [5, 5.41) is 10.7. The minimum absolute atomic E-state index is 0.00496. The minimum Gasteiger partial charge on any atom is -0.489 e. The lowest BCUT2D eigenvalue weighted by Gasteiger charge is -2.19. The topological polar surface area (TPSA) is 59.4 Å². The van der Waals surface area contributed by atoms with Crippen molar-refractivity contribution in [3.8, 4) is 5.75 Å². The van der Waals surface area contributed by atoms with Gasteiger partial charge in [0.2, 0.25) is 0 Å². The van der Waals surface area contributed by atoms with Crippen molar-refractivity contribution in [2.75, 3.05) is 5.75 Å². The van der Waals surface area contributed by atoms with Gasteiger partial charge in [-0.2, -0.15) is 0 Å². The minimum atomic E-state index is -0.788.